The van der Waals surface area contributed by atoms with E-state index in [0.717, 1.165) is 16.7 Å². The monoisotopic (exact) mass is 259 g/mol. The van der Waals surface area contributed by atoms with Crippen LogP contribution in [0.3, 0.4) is 0 Å². The minimum Gasteiger partial charge on any atom is -0.314 e. The van der Waals surface area contributed by atoms with Crippen LogP contribution in [0, 0.1) is 0 Å². The van der Waals surface area contributed by atoms with E-state index in [2.05, 4.69) is 47.1 Å². The number of nitrogens with zero attached hydrogens (tertiary/aromatic N) is 2. The maximum atomic E-state index is 4.47. The summed E-state index contributed by atoms with van der Waals surface area (Å²) in [6.45, 7) is 7.37. The molecule has 1 heterocycles. The van der Waals surface area contributed by atoms with E-state index in [1.165, 1.54) is 5.69 Å². The lowest BCUT2D eigenvalue weighted by Gasteiger charge is -2.19. The first kappa shape index (κ1) is 11.7. The summed E-state index contributed by atoms with van der Waals surface area (Å²) < 4.78 is 3.08. The van der Waals surface area contributed by atoms with Crippen molar-refractivity contribution in [3.05, 3.63) is 15.9 Å². The zero-order valence-electron chi connectivity index (χ0n) is 9.48. The van der Waals surface area contributed by atoms with Crippen LogP contribution in [0.25, 0.3) is 0 Å². The molecule has 1 N–H and O–H groups in total. The second kappa shape index (κ2) is 4.03. The zero-order chi connectivity index (χ0) is 10.9. The number of hydrogen-bond donors (Lipinski definition) is 1. The highest BCUT2D eigenvalue weighted by atomic mass is 79.9. The number of hydrogen-bond acceptors (Lipinski definition) is 2. The maximum Gasteiger partial charge on any atom is 0.0907 e. The van der Waals surface area contributed by atoms with Gasteiger partial charge >= 0.3 is 0 Å². The molecule has 0 radical (unpaired) electrons. The van der Waals surface area contributed by atoms with E-state index in [-0.39, 0.29) is 5.41 Å². The lowest BCUT2D eigenvalue weighted by atomic mass is 9.92. The molecule has 1 rings (SSSR count). The summed E-state index contributed by atoms with van der Waals surface area (Å²) in [7, 11) is 3.92. The van der Waals surface area contributed by atoms with Crippen LogP contribution in [-0.2, 0) is 19.0 Å². The van der Waals surface area contributed by atoms with E-state index in [4.69, 9.17) is 0 Å². The van der Waals surface area contributed by atoms with E-state index in [1.54, 1.807) is 0 Å². The van der Waals surface area contributed by atoms with Crippen LogP contribution < -0.4 is 5.32 Å². The summed E-state index contributed by atoms with van der Waals surface area (Å²) in [6.07, 6.45) is 0. The van der Waals surface area contributed by atoms with Gasteiger partial charge in [0.25, 0.3) is 0 Å². The first-order valence-electron chi connectivity index (χ1n) is 4.74. The molecule has 0 spiro atoms. The molecule has 0 unspecified atom stereocenters. The van der Waals surface area contributed by atoms with E-state index >= 15 is 0 Å². The van der Waals surface area contributed by atoms with Crippen molar-refractivity contribution in [2.24, 2.45) is 7.05 Å². The average Bonchev–Trinajstić information content (AvgIpc) is 2.26. The first-order chi connectivity index (χ1) is 6.38. The van der Waals surface area contributed by atoms with Gasteiger partial charge in [0, 0.05) is 19.0 Å². The Balaban J connectivity index is 3.18. The molecule has 0 atom stereocenters. The summed E-state index contributed by atoms with van der Waals surface area (Å²) in [6, 6.07) is 0. The number of aromatic nitrogens is 2. The topological polar surface area (TPSA) is 29.9 Å². The molecule has 14 heavy (non-hydrogen) atoms. The van der Waals surface area contributed by atoms with Gasteiger partial charge < -0.3 is 5.32 Å². The first-order valence-corrected chi connectivity index (χ1v) is 5.53. The van der Waals surface area contributed by atoms with Gasteiger partial charge in [-0.1, -0.05) is 20.8 Å². The Bertz CT molecular complexity index is 323. The summed E-state index contributed by atoms with van der Waals surface area (Å²) in [5, 5.41) is 7.58. The fourth-order valence-electron chi connectivity index (χ4n) is 1.65. The highest BCUT2D eigenvalue weighted by molar-refractivity contribution is 9.10. The maximum absolute atomic E-state index is 4.47. The van der Waals surface area contributed by atoms with Crippen molar-refractivity contribution in [3.8, 4) is 0 Å². The predicted molar refractivity (Wildman–Crippen MR) is 62.4 cm³/mol. The molecule has 1 aromatic heterocycles. The van der Waals surface area contributed by atoms with Gasteiger partial charge in [0.2, 0.25) is 0 Å². The van der Waals surface area contributed by atoms with Crippen molar-refractivity contribution < 1.29 is 0 Å². The van der Waals surface area contributed by atoms with E-state index < -0.39 is 0 Å². The normalized spacial score (nSPS) is 12.1. The predicted octanol–water partition coefficient (Wildman–Crippen LogP) is 2.20. The molecular formula is C10H18BrN3. The largest absolute Gasteiger partial charge is 0.314 e. The molecule has 0 amide bonds. The number of rotatable bonds is 2. The Labute approximate surface area is 94.0 Å². The van der Waals surface area contributed by atoms with Crippen molar-refractivity contribution in [2.75, 3.05) is 7.05 Å². The van der Waals surface area contributed by atoms with Gasteiger partial charge in [-0.3, -0.25) is 4.68 Å². The molecule has 0 aliphatic carbocycles. The minimum atomic E-state index is 0.118. The second-order valence-electron chi connectivity index (χ2n) is 4.51. The van der Waals surface area contributed by atoms with E-state index in [1.807, 2.05) is 18.8 Å². The van der Waals surface area contributed by atoms with Crippen LogP contribution >= 0.6 is 15.9 Å². The van der Waals surface area contributed by atoms with Crippen LogP contribution in [0.1, 0.15) is 32.2 Å². The molecule has 3 nitrogen and oxygen atoms in total. The summed E-state index contributed by atoms with van der Waals surface area (Å²) in [5.74, 6) is 0. The molecule has 4 heteroatoms. The van der Waals surface area contributed by atoms with Crippen LogP contribution in [0.15, 0.2) is 4.47 Å². The minimum absolute atomic E-state index is 0.118. The summed E-state index contributed by atoms with van der Waals surface area (Å²) in [4.78, 5) is 0. The third-order valence-electron chi connectivity index (χ3n) is 2.11. The molecular weight excluding hydrogens is 242 g/mol. The molecule has 0 aliphatic rings. The molecule has 0 saturated heterocycles. The number of halogens is 1. The van der Waals surface area contributed by atoms with Crippen molar-refractivity contribution in [3.63, 3.8) is 0 Å². The number of nitrogens with one attached hydrogen (secondary N) is 1. The van der Waals surface area contributed by atoms with Gasteiger partial charge in [0.05, 0.1) is 15.9 Å². The molecule has 0 fully saturated rings. The molecule has 80 valence electrons. The SMILES string of the molecule is CNCc1nn(C)c(C(C)(C)C)c1Br. The quantitative estimate of drug-likeness (QED) is 0.883. The Kier molecular flexibility index (Phi) is 3.37. The summed E-state index contributed by atoms with van der Waals surface area (Å²) >= 11 is 3.62. The third-order valence-corrected chi connectivity index (χ3v) is 2.94. The molecule has 0 bridgehead atoms. The summed E-state index contributed by atoms with van der Waals surface area (Å²) in [5.41, 5.74) is 2.43. The fourth-order valence-corrected chi connectivity index (χ4v) is 2.72. The van der Waals surface area contributed by atoms with Crippen LogP contribution in [-0.4, -0.2) is 16.8 Å². The standard InChI is InChI=1S/C10H18BrN3/c1-10(2,3)9-8(11)7(6-12-4)13-14(9)5/h12H,6H2,1-5H3. The lowest BCUT2D eigenvalue weighted by molar-refractivity contribution is 0.520. The molecule has 0 aromatic carbocycles. The van der Waals surface area contributed by atoms with Gasteiger partial charge in [-0.15, -0.1) is 0 Å². The van der Waals surface area contributed by atoms with Crippen molar-refractivity contribution in [1.82, 2.24) is 15.1 Å². The Morgan fingerprint density at radius 1 is 1.43 bits per heavy atom. The second-order valence-corrected chi connectivity index (χ2v) is 5.31. The highest BCUT2D eigenvalue weighted by Gasteiger charge is 2.24. The van der Waals surface area contributed by atoms with Crippen molar-refractivity contribution in [1.29, 1.82) is 0 Å². The Hall–Kier alpha value is -0.350. The molecule has 1 aromatic rings. The van der Waals surface area contributed by atoms with E-state index in [0.29, 0.717) is 0 Å². The molecule has 0 aliphatic heterocycles. The Morgan fingerprint density at radius 3 is 2.36 bits per heavy atom. The van der Waals surface area contributed by atoms with Gasteiger partial charge in [-0.25, -0.2) is 0 Å². The molecule has 0 saturated carbocycles. The Morgan fingerprint density at radius 2 is 2.00 bits per heavy atom. The van der Waals surface area contributed by atoms with Crippen molar-refractivity contribution in [2.45, 2.75) is 32.7 Å². The average molecular weight is 260 g/mol. The van der Waals surface area contributed by atoms with E-state index in [9.17, 15) is 0 Å². The van der Waals surface area contributed by atoms with Gasteiger partial charge in [0.15, 0.2) is 0 Å². The third kappa shape index (κ3) is 2.17. The zero-order valence-corrected chi connectivity index (χ0v) is 11.1. The van der Waals surface area contributed by atoms with Gasteiger partial charge in [-0.2, -0.15) is 5.10 Å². The van der Waals surface area contributed by atoms with Gasteiger partial charge in [-0.05, 0) is 23.0 Å². The van der Waals surface area contributed by atoms with Crippen molar-refractivity contribution >= 4 is 15.9 Å². The van der Waals surface area contributed by atoms with Crippen LogP contribution in [0.5, 0.6) is 0 Å². The smallest absolute Gasteiger partial charge is 0.0907 e. The fraction of sp³-hybridized carbons (Fsp3) is 0.700. The van der Waals surface area contributed by atoms with Crippen LogP contribution in [0.4, 0.5) is 0 Å². The van der Waals surface area contributed by atoms with Gasteiger partial charge in [0.1, 0.15) is 0 Å². The highest BCUT2D eigenvalue weighted by Crippen LogP contribution is 2.31. The lowest BCUT2D eigenvalue weighted by Crippen LogP contribution is -2.16. The number of aryl methyl sites for hydroxylation is 1. The van der Waals surface area contributed by atoms with Crippen LogP contribution in [0.2, 0.25) is 0 Å².